The highest BCUT2D eigenvalue weighted by Gasteiger charge is 2.31. The van der Waals surface area contributed by atoms with Crippen molar-refractivity contribution < 1.29 is 13.2 Å². The number of hydrogen-bond acceptors (Lipinski definition) is 4. The lowest BCUT2D eigenvalue weighted by atomic mass is 10.2. The van der Waals surface area contributed by atoms with Crippen LogP contribution in [0.25, 0.3) is 0 Å². The Kier molecular flexibility index (Phi) is 1.78. The molecule has 1 fully saturated rings. The molecular formula is C5H9NO3S. The molecule has 4 nitrogen and oxygen atoms in total. The molecule has 0 spiro atoms. The van der Waals surface area contributed by atoms with Gasteiger partial charge in [0.15, 0.2) is 21.0 Å². The topological polar surface area (TPSA) is 77.2 Å². The van der Waals surface area contributed by atoms with Crippen LogP contribution in [0.2, 0.25) is 0 Å². The third kappa shape index (κ3) is 1.19. The summed E-state index contributed by atoms with van der Waals surface area (Å²) in [5, 5.41) is -1.25. The van der Waals surface area contributed by atoms with E-state index in [4.69, 9.17) is 5.73 Å². The molecule has 0 radical (unpaired) electrons. The molecule has 0 bridgehead atoms. The Hall–Kier alpha value is -0.420. The van der Waals surface area contributed by atoms with Crippen LogP contribution in [-0.2, 0) is 14.6 Å². The fourth-order valence-electron chi connectivity index (χ4n) is 0.917. The molecule has 0 aromatic rings. The summed E-state index contributed by atoms with van der Waals surface area (Å²) < 4.78 is 21.7. The van der Waals surface area contributed by atoms with Crippen LogP contribution in [0.5, 0.6) is 0 Å². The number of nitrogens with two attached hydrogens (primary N) is 1. The van der Waals surface area contributed by atoms with E-state index in [1.54, 1.807) is 0 Å². The van der Waals surface area contributed by atoms with E-state index in [9.17, 15) is 13.2 Å². The fraction of sp³-hybridized carbons (Fsp3) is 0.800. The van der Waals surface area contributed by atoms with Crippen LogP contribution in [-0.4, -0.2) is 25.3 Å². The van der Waals surface area contributed by atoms with Crippen LogP contribution in [0, 0.1) is 0 Å². The highest BCUT2D eigenvalue weighted by Crippen LogP contribution is 2.11. The van der Waals surface area contributed by atoms with Crippen LogP contribution in [0.15, 0.2) is 0 Å². The number of hydrogen-bond donors (Lipinski definition) is 1. The van der Waals surface area contributed by atoms with Crippen molar-refractivity contribution in [3.05, 3.63) is 0 Å². The largest absolute Gasteiger partial charge is 0.309 e. The summed E-state index contributed by atoms with van der Waals surface area (Å²) in [5.41, 5.74) is 5.12. The summed E-state index contributed by atoms with van der Waals surface area (Å²) in [6.45, 7) is 0. The first-order chi connectivity index (χ1) is 4.54. The Morgan fingerprint density at radius 1 is 1.50 bits per heavy atom. The van der Waals surface area contributed by atoms with Crippen molar-refractivity contribution in [3.63, 3.8) is 0 Å². The zero-order chi connectivity index (χ0) is 7.78. The molecule has 1 aliphatic heterocycles. The standard InChI is InChI=1S/C5H9NO3S/c6-5-4(7)2-1-3-10(5,8)9/h5H,1-3,6H2. The average Bonchev–Trinajstić information content (AvgIpc) is 1.83. The van der Waals surface area contributed by atoms with Gasteiger partial charge in [-0.2, -0.15) is 0 Å². The van der Waals surface area contributed by atoms with Gasteiger partial charge < -0.3 is 5.73 Å². The van der Waals surface area contributed by atoms with Crippen molar-refractivity contribution in [1.29, 1.82) is 0 Å². The van der Waals surface area contributed by atoms with Crippen molar-refractivity contribution in [2.45, 2.75) is 18.2 Å². The third-order valence-corrected chi connectivity index (χ3v) is 3.45. The Morgan fingerprint density at radius 2 is 2.10 bits per heavy atom. The summed E-state index contributed by atoms with van der Waals surface area (Å²) in [6, 6.07) is 0. The van der Waals surface area contributed by atoms with Gasteiger partial charge in [-0.1, -0.05) is 0 Å². The van der Waals surface area contributed by atoms with E-state index in [0.717, 1.165) is 0 Å². The van der Waals surface area contributed by atoms with Crippen molar-refractivity contribution in [3.8, 4) is 0 Å². The lowest BCUT2D eigenvalue weighted by Crippen LogP contribution is -2.43. The Balaban J connectivity index is 2.91. The molecule has 0 amide bonds. The van der Waals surface area contributed by atoms with Gasteiger partial charge in [0.05, 0.1) is 5.75 Å². The molecule has 0 saturated carbocycles. The number of Topliss-reactive ketones (excluding diaryl/α,β-unsaturated/α-hetero) is 1. The van der Waals surface area contributed by atoms with E-state index in [1.807, 2.05) is 0 Å². The Labute approximate surface area is 59.3 Å². The summed E-state index contributed by atoms with van der Waals surface area (Å²) in [7, 11) is -3.28. The Morgan fingerprint density at radius 3 is 2.50 bits per heavy atom. The van der Waals surface area contributed by atoms with Crippen molar-refractivity contribution in [1.82, 2.24) is 0 Å². The van der Waals surface area contributed by atoms with Crippen molar-refractivity contribution in [2.24, 2.45) is 5.73 Å². The quantitative estimate of drug-likeness (QED) is 0.499. The second-order valence-corrected chi connectivity index (χ2v) is 4.60. The monoisotopic (exact) mass is 163 g/mol. The first-order valence-electron chi connectivity index (χ1n) is 3.04. The zero-order valence-corrected chi connectivity index (χ0v) is 6.23. The molecule has 0 aromatic heterocycles. The van der Waals surface area contributed by atoms with Crippen LogP contribution in [0.4, 0.5) is 0 Å². The third-order valence-electron chi connectivity index (χ3n) is 1.56. The van der Waals surface area contributed by atoms with E-state index < -0.39 is 15.2 Å². The first kappa shape index (κ1) is 7.68. The van der Waals surface area contributed by atoms with Gasteiger partial charge >= 0.3 is 0 Å². The molecule has 10 heavy (non-hydrogen) atoms. The molecule has 0 aliphatic carbocycles. The highest BCUT2D eigenvalue weighted by atomic mass is 32.2. The SMILES string of the molecule is NC1C(=O)CCCS1(=O)=O. The maximum atomic E-state index is 10.8. The highest BCUT2D eigenvalue weighted by molar-refractivity contribution is 7.92. The van der Waals surface area contributed by atoms with E-state index in [0.29, 0.717) is 12.8 Å². The fourth-order valence-corrected chi connectivity index (χ4v) is 2.24. The smallest absolute Gasteiger partial charge is 0.173 e. The normalized spacial score (nSPS) is 32.1. The van der Waals surface area contributed by atoms with Gasteiger partial charge in [-0.15, -0.1) is 0 Å². The minimum atomic E-state index is -3.28. The van der Waals surface area contributed by atoms with Gasteiger partial charge in [0.25, 0.3) is 0 Å². The molecule has 2 N–H and O–H groups in total. The minimum Gasteiger partial charge on any atom is -0.309 e. The molecular weight excluding hydrogens is 154 g/mol. The molecule has 1 rings (SSSR count). The van der Waals surface area contributed by atoms with Crippen molar-refractivity contribution >= 4 is 15.6 Å². The first-order valence-corrected chi connectivity index (χ1v) is 4.75. The maximum absolute atomic E-state index is 10.8. The second-order valence-electron chi connectivity index (χ2n) is 2.36. The van der Waals surface area contributed by atoms with E-state index in [-0.39, 0.29) is 11.5 Å². The van der Waals surface area contributed by atoms with Gasteiger partial charge in [-0.3, -0.25) is 4.79 Å². The van der Waals surface area contributed by atoms with E-state index in [2.05, 4.69) is 0 Å². The van der Waals surface area contributed by atoms with Crippen LogP contribution < -0.4 is 5.73 Å². The van der Waals surface area contributed by atoms with Crippen LogP contribution in [0.3, 0.4) is 0 Å². The van der Waals surface area contributed by atoms with Crippen LogP contribution in [0.1, 0.15) is 12.8 Å². The van der Waals surface area contributed by atoms with Gasteiger partial charge in [0.2, 0.25) is 0 Å². The predicted molar refractivity (Wildman–Crippen MR) is 36.0 cm³/mol. The van der Waals surface area contributed by atoms with Gasteiger partial charge in [-0.05, 0) is 6.42 Å². The average molecular weight is 163 g/mol. The van der Waals surface area contributed by atoms with Crippen LogP contribution >= 0.6 is 0 Å². The molecule has 58 valence electrons. The molecule has 0 aromatic carbocycles. The second kappa shape index (κ2) is 2.32. The van der Waals surface area contributed by atoms with Gasteiger partial charge in [-0.25, -0.2) is 8.42 Å². The maximum Gasteiger partial charge on any atom is 0.173 e. The molecule has 1 heterocycles. The summed E-state index contributed by atoms with van der Waals surface area (Å²) in [4.78, 5) is 10.7. The van der Waals surface area contributed by atoms with Gasteiger partial charge in [0, 0.05) is 6.42 Å². The number of carbonyl (C=O) groups excluding carboxylic acids is 1. The molecule has 1 aliphatic rings. The number of carbonyl (C=O) groups is 1. The zero-order valence-electron chi connectivity index (χ0n) is 5.41. The lowest BCUT2D eigenvalue weighted by molar-refractivity contribution is -0.118. The van der Waals surface area contributed by atoms with E-state index >= 15 is 0 Å². The summed E-state index contributed by atoms with van der Waals surface area (Å²) in [6.07, 6.45) is 0.731. The number of sulfone groups is 1. The van der Waals surface area contributed by atoms with E-state index in [1.165, 1.54) is 0 Å². The molecule has 1 saturated heterocycles. The Bertz CT molecular complexity index is 244. The van der Waals surface area contributed by atoms with Gasteiger partial charge in [0.1, 0.15) is 0 Å². The summed E-state index contributed by atoms with van der Waals surface area (Å²) >= 11 is 0. The minimum absolute atomic E-state index is 0.0555. The lowest BCUT2D eigenvalue weighted by Gasteiger charge is -2.16. The predicted octanol–water partition coefficient (Wildman–Crippen LogP) is -0.951. The van der Waals surface area contributed by atoms with Crippen molar-refractivity contribution in [2.75, 3.05) is 5.75 Å². The molecule has 1 unspecified atom stereocenters. The number of ketones is 1. The number of rotatable bonds is 0. The molecule has 5 heteroatoms. The molecule has 1 atom stereocenters. The summed E-state index contributed by atoms with van der Waals surface area (Å²) in [5.74, 6) is -0.300.